The molecule has 0 radical (unpaired) electrons. The summed E-state index contributed by atoms with van der Waals surface area (Å²) in [5.41, 5.74) is 0. The summed E-state index contributed by atoms with van der Waals surface area (Å²) in [6.45, 7) is -0.778. The minimum Gasteiger partial charge on any atom is -0.330 e. The summed E-state index contributed by atoms with van der Waals surface area (Å²) in [5, 5.41) is 2.07. The fraction of sp³-hybridized carbons (Fsp3) is 0.727. The molecule has 96 valence electrons. The predicted octanol–water partition coefficient (Wildman–Crippen LogP) is 1.01. The minimum absolute atomic E-state index is 0.156. The van der Waals surface area contributed by atoms with Crippen molar-refractivity contribution in [2.75, 3.05) is 26.2 Å². The van der Waals surface area contributed by atoms with E-state index in [0.29, 0.717) is 12.5 Å². The predicted molar refractivity (Wildman–Crippen MR) is 57.1 cm³/mol. The second-order valence-corrected chi connectivity index (χ2v) is 4.14. The van der Waals surface area contributed by atoms with E-state index in [-0.39, 0.29) is 19.0 Å². The molecule has 0 heterocycles. The molecular weight excluding hydrogens is 233 g/mol. The second kappa shape index (κ2) is 5.92. The van der Waals surface area contributed by atoms with E-state index in [1.807, 2.05) is 0 Å². The Hall–Kier alpha value is -1.22. The van der Waals surface area contributed by atoms with Crippen LogP contribution in [0.4, 0.5) is 13.2 Å². The van der Waals surface area contributed by atoms with E-state index in [0.717, 1.165) is 12.8 Å². The van der Waals surface area contributed by atoms with Gasteiger partial charge in [0.15, 0.2) is 0 Å². The first kappa shape index (κ1) is 13.8. The van der Waals surface area contributed by atoms with Gasteiger partial charge in [-0.05, 0) is 18.8 Å². The molecule has 0 saturated heterocycles. The van der Waals surface area contributed by atoms with Crippen LogP contribution in [0, 0.1) is 18.3 Å². The number of halogens is 3. The molecule has 0 aromatic heterocycles. The molecule has 0 aliphatic heterocycles. The van der Waals surface area contributed by atoms with Crippen LogP contribution in [0.3, 0.4) is 0 Å². The molecule has 0 aromatic carbocycles. The Kier molecular flexibility index (Phi) is 4.82. The third-order valence-corrected chi connectivity index (χ3v) is 2.41. The number of nitrogens with zero attached hydrogens (tertiary/aromatic N) is 1. The van der Waals surface area contributed by atoms with Crippen LogP contribution in [-0.4, -0.2) is 43.2 Å². The number of hydrogen-bond donors (Lipinski definition) is 1. The Morgan fingerprint density at radius 3 is 2.59 bits per heavy atom. The van der Waals surface area contributed by atoms with E-state index in [1.54, 1.807) is 0 Å². The normalized spacial score (nSPS) is 15.4. The second-order valence-electron chi connectivity index (χ2n) is 4.14. The molecule has 1 N–H and O–H groups in total. The highest BCUT2D eigenvalue weighted by Gasteiger charge is 2.28. The lowest BCUT2D eigenvalue weighted by atomic mass is 10.3. The van der Waals surface area contributed by atoms with Crippen LogP contribution in [0.15, 0.2) is 0 Å². The van der Waals surface area contributed by atoms with Crippen LogP contribution in [0.25, 0.3) is 0 Å². The van der Waals surface area contributed by atoms with E-state index < -0.39 is 12.7 Å². The quantitative estimate of drug-likeness (QED) is 0.711. The maximum absolute atomic E-state index is 11.9. The molecule has 1 aliphatic rings. The van der Waals surface area contributed by atoms with E-state index in [1.165, 1.54) is 4.90 Å². The first-order chi connectivity index (χ1) is 7.92. The lowest BCUT2D eigenvalue weighted by Gasteiger charge is -2.20. The molecule has 0 bridgehead atoms. The van der Waals surface area contributed by atoms with Crippen molar-refractivity contribution in [1.82, 2.24) is 10.2 Å². The number of amides is 1. The molecular formula is C11H15F3N2O. The molecule has 17 heavy (non-hydrogen) atoms. The Morgan fingerprint density at radius 2 is 2.12 bits per heavy atom. The van der Waals surface area contributed by atoms with E-state index in [2.05, 4.69) is 11.2 Å². The van der Waals surface area contributed by atoms with Crippen molar-refractivity contribution in [1.29, 1.82) is 0 Å². The molecule has 3 nitrogen and oxygen atoms in total. The van der Waals surface area contributed by atoms with Crippen molar-refractivity contribution in [3.63, 3.8) is 0 Å². The largest absolute Gasteiger partial charge is 0.401 e. The molecule has 1 aliphatic carbocycles. The van der Waals surface area contributed by atoms with Gasteiger partial charge in [-0.3, -0.25) is 4.79 Å². The SMILES string of the molecule is C#CCN(CC1CC1)C(=O)CNCC(F)(F)F. The number of carbonyl (C=O) groups excluding carboxylic acids is 1. The zero-order chi connectivity index (χ0) is 12.9. The summed E-state index contributed by atoms with van der Waals surface area (Å²) >= 11 is 0. The van der Waals surface area contributed by atoms with E-state index in [4.69, 9.17) is 6.42 Å². The number of alkyl halides is 3. The average molecular weight is 248 g/mol. The van der Waals surface area contributed by atoms with Crippen molar-refractivity contribution >= 4 is 5.91 Å². The minimum atomic E-state index is -4.30. The molecule has 1 saturated carbocycles. The summed E-state index contributed by atoms with van der Waals surface area (Å²) in [6, 6.07) is 0. The average Bonchev–Trinajstić information content (AvgIpc) is 2.99. The Balaban J connectivity index is 2.29. The summed E-state index contributed by atoms with van der Waals surface area (Å²) in [5.74, 6) is 2.44. The third-order valence-electron chi connectivity index (χ3n) is 2.41. The summed E-state index contributed by atoms with van der Waals surface area (Å²) in [4.78, 5) is 13.0. The zero-order valence-electron chi connectivity index (χ0n) is 9.39. The molecule has 1 fully saturated rings. The molecule has 0 unspecified atom stereocenters. The number of nitrogens with one attached hydrogen (secondary N) is 1. The van der Waals surface area contributed by atoms with Gasteiger partial charge in [-0.25, -0.2) is 0 Å². The van der Waals surface area contributed by atoms with Crippen LogP contribution >= 0.6 is 0 Å². The van der Waals surface area contributed by atoms with Crippen LogP contribution in [0.5, 0.6) is 0 Å². The van der Waals surface area contributed by atoms with Gasteiger partial charge in [0.05, 0.1) is 19.6 Å². The number of hydrogen-bond acceptors (Lipinski definition) is 2. The Labute approximate surface area is 98.3 Å². The lowest BCUT2D eigenvalue weighted by Crippen LogP contribution is -2.42. The van der Waals surface area contributed by atoms with Crippen LogP contribution in [0.1, 0.15) is 12.8 Å². The fourth-order valence-electron chi connectivity index (χ4n) is 1.40. The van der Waals surface area contributed by atoms with E-state index in [9.17, 15) is 18.0 Å². The molecule has 0 aromatic rings. The highest BCUT2D eigenvalue weighted by Crippen LogP contribution is 2.29. The topological polar surface area (TPSA) is 32.3 Å². The molecule has 0 spiro atoms. The lowest BCUT2D eigenvalue weighted by molar-refractivity contribution is -0.134. The monoisotopic (exact) mass is 248 g/mol. The summed E-state index contributed by atoms with van der Waals surface area (Å²) < 4.78 is 35.6. The van der Waals surface area contributed by atoms with Gasteiger partial charge in [-0.15, -0.1) is 6.42 Å². The highest BCUT2D eigenvalue weighted by atomic mass is 19.4. The molecule has 6 heteroatoms. The van der Waals surface area contributed by atoms with Crippen molar-refractivity contribution in [2.24, 2.45) is 5.92 Å². The van der Waals surface area contributed by atoms with Crippen LogP contribution < -0.4 is 5.32 Å². The van der Waals surface area contributed by atoms with Gasteiger partial charge in [0.25, 0.3) is 0 Å². The smallest absolute Gasteiger partial charge is 0.330 e. The van der Waals surface area contributed by atoms with Crippen LogP contribution in [0.2, 0.25) is 0 Å². The summed E-state index contributed by atoms with van der Waals surface area (Å²) in [7, 11) is 0. The van der Waals surface area contributed by atoms with Crippen molar-refractivity contribution < 1.29 is 18.0 Å². The molecule has 1 amide bonds. The van der Waals surface area contributed by atoms with Gasteiger partial charge < -0.3 is 10.2 Å². The summed E-state index contributed by atoms with van der Waals surface area (Å²) in [6.07, 6.45) is 2.94. The van der Waals surface area contributed by atoms with Gasteiger partial charge in [-0.2, -0.15) is 13.2 Å². The Bertz CT molecular complexity index is 305. The maximum atomic E-state index is 11.9. The highest BCUT2D eigenvalue weighted by molar-refractivity contribution is 5.78. The molecule has 1 rings (SSSR count). The first-order valence-electron chi connectivity index (χ1n) is 5.41. The van der Waals surface area contributed by atoms with Gasteiger partial charge in [0.1, 0.15) is 0 Å². The number of terminal acetylenes is 1. The standard InChI is InChI=1S/C11H15F3N2O/c1-2-5-16(7-9-3-4-9)10(17)6-15-8-11(12,13)14/h1,9,15H,3-8H2. The third kappa shape index (κ3) is 6.17. The van der Waals surface area contributed by atoms with Crippen molar-refractivity contribution in [3.05, 3.63) is 0 Å². The van der Waals surface area contributed by atoms with Gasteiger partial charge in [0, 0.05) is 6.54 Å². The van der Waals surface area contributed by atoms with E-state index >= 15 is 0 Å². The van der Waals surface area contributed by atoms with Crippen molar-refractivity contribution in [3.8, 4) is 12.3 Å². The molecule has 0 atom stereocenters. The number of rotatable bonds is 6. The van der Waals surface area contributed by atoms with Gasteiger partial charge in [0.2, 0.25) is 5.91 Å². The Morgan fingerprint density at radius 1 is 1.47 bits per heavy atom. The fourth-order valence-corrected chi connectivity index (χ4v) is 1.40. The number of carbonyl (C=O) groups is 1. The zero-order valence-corrected chi connectivity index (χ0v) is 9.39. The van der Waals surface area contributed by atoms with Gasteiger partial charge >= 0.3 is 6.18 Å². The van der Waals surface area contributed by atoms with Crippen LogP contribution in [-0.2, 0) is 4.79 Å². The van der Waals surface area contributed by atoms with Crippen molar-refractivity contribution in [2.45, 2.75) is 19.0 Å². The first-order valence-corrected chi connectivity index (χ1v) is 5.41. The van der Waals surface area contributed by atoms with Gasteiger partial charge in [-0.1, -0.05) is 5.92 Å². The maximum Gasteiger partial charge on any atom is 0.401 e.